The molecular formula is C17H17N3O. The summed E-state index contributed by atoms with van der Waals surface area (Å²) in [6.45, 7) is 0.552. The average molecular weight is 279 g/mol. The predicted octanol–water partition coefficient (Wildman–Crippen LogP) is 3.82. The Morgan fingerprint density at radius 3 is 2.81 bits per heavy atom. The largest absolute Gasteiger partial charge is 0.494 e. The van der Waals surface area contributed by atoms with Gasteiger partial charge in [0.15, 0.2) is 0 Å². The number of hydrogen-bond donors (Lipinski definition) is 1. The third-order valence-corrected chi connectivity index (χ3v) is 2.74. The molecule has 0 amide bonds. The molecule has 0 fully saturated rings. The van der Waals surface area contributed by atoms with Crippen molar-refractivity contribution in [3.8, 4) is 11.8 Å². The van der Waals surface area contributed by atoms with Gasteiger partial charge in [-0.25, -0.2) is 0 Å². The molecule has 0 aliphatic heterocycles. The molecule has 0 aromatic heterocycles. The minimum Gasteiger partial charge on any atom is -0.494 e. The molecule has 2 aromatic rings. The van der Waals surface area contributed by atoms with E-state index in [1.807, 2.05) is 54.6 Å². The molecule has 0 spiro atoms. The lowest BCUT2D eigenvalue weighted by Gasteiger charge is -2.05. The van der Waals surface area contributed by atoms with Crippen molar-refractivity contribution in [2.24, 2.45) is 5.10 Å². The summed E-state index contributed by atoms with van der Waals surface area (Å²) in [4.78, 5) is 0. The normalized spacial score (nSPS) is 10.2. The van der Waals surface area contributed by atoms with Crippen molar-refractivity contribution in [2.45, 2.75) is 12.8 Å². The van der Waals surface area contributed by atoms with Crippen LogP contribution < -0.4 is 10.2 Å². The topological polar surface area (TPSA) is 57.4 Å². The SMILES string of the molecule is N#CCCCOc1cccc(C=NNc2ccccc2)c1. The molecule has 1 N–H and O–H groups in total. The zero-order valence-electron chi connectivity index (χ0n) is 11.7. The zero-order chi connectivity index (χ0) is 14.8. The number of rotatable bonds is 7. The molecule has 0 atom stereocenters. The second-order valence-electron chi connectivity index (χ2n) is 4.42. The lowest BCUT2D eigenvalue weighted by atomic mass is 10.2. The molecule has 21 heavy (non-hydrogen) atoms. The van der Waals surface area contributed by atoms with Crippen LogP contribution in [0.3, 0.4) is 0 Å². The molecule has 0 saturated heterocycles. The fourth-order valence-electron chi connectivity index (χ4n) is 1.72. The summed E-state index contributed by atoms with van der Waals surface area (Å²) in [7, 11) is 0. The van der Waals surface area contributed by atoms with E-state index in [0.717, 1.165) is 23.4 Å². The Morgan fingerprint density at radius 2 is 2.00 bits per heavy atom. The third-order valence-electron chi connectivity index (χ3n) is 2.74. The van der Waals surface area contributed by atoms with Crippen LogP contribution in [0.4, 0.5) is 5.69 Å². The number of nitriles is 1. The summed E-state index contributed by atoms with van der Waals surface area (Å²) in [5.41, 5.74) is 4.86. The highest BCUT2D eigenvalue weighted by Crippen LogP contribution is 2.13. The first-order valence-corrected chi connectivity index (χ1v) is 6.82. The van der Waals surface area contributed by atoms with Crippen molar-refractivity contribution in [1.82, 2.24) is 0 Å². The van der Waals surface area contributed by atoms with Crippen LogP contribution in [0.5, 0.6) is 5.75 Å². The number of nitrogens with zero attached hydrogens (tertiary/aromatic N) is 2. The number of hydrogen-bond acceptors (Lipinski definition) is 4. The molecule has 4 nitrogen and oxygen atoms in total. The maximum atomic E-state index is 8.47. The Balaban J connectivity index is 1.87. The fourth-order valence-corrected chi connectivity index (χ4v) is 1.72. The summed E-state index contributed by atoms with van der Waals surface area (Å²) in [5, 5.41) is 12.7. The number of benzene rings is 2. The van der Waals surface area contributed by atoms with E-state index in [-0.39, 0.29) is 0 Å². The fraction of sp³-hybridized carbons (Fsp3) is 0.176. The highest BCUT2D eigenvalue weighted by atomic mass is 16.5. The van der Waals surface area contributed by atoms with E-state index < -0.39 is 0 Å². The second kappa shape index (κ2) is 8.39. The summed E-state index contributed by atoms with van der Waals surface area (Å²) < 4.78 is 5.58. The van der Waals surface area contributed by atoms with Crippen LogP contribution in [-0.2, 0) is 0 Å². The molecule has 0 aliphatic carbocycles. The van der Waals surface area contributed by atoms with Gasteiger partial charge in [-0.05, 0) is 36.2 Å². The molecule has 0 aliphatic rings. The first kappa shape index (κ1) is 14.6. The van der Waals surface area contributed by atoms with E-state index in [1.54, 1.807) is 6.21 Å². The number of ether oxygens (including phenoxy) is 1. The molecule has 4 heteroatoms. The molecule has 0 bridgehead atoms. The van der Waals surface area contributed by atoms with Crippen LogP contribution in [0.15, 0.2) is 59.7 Å². The van der Waals surface area contributed by atoms with Crippen molar-refractivity contribution in [3.63, 3.8) is 0 Å². The maximum Gasteiger partial charge on any atom is 0.119 e. The molecule has 2 aromatic carbocycles. The lowest BCUT2D eigenvalue weighted by Crippen LogP contribution is -1.97. The highest BCUT2D eigenvalue weighted by molar-refractivity contribution is 5.80. The van der Waals surface area contributed by atoms with Crippen LogP contribution >= 0.6 is 0 Å². The van der Waals surface area contributed by atoms with Gasteiger partial charge in [0.25, 0.3) is 0 Å². The highest BCUT2D eigenvalue weighted by Gasteiger charge is 1.95. The monoisotopic (exact) mass is 279 g/mol. The van der Waals surface area contributed by atoms with Gasteiger partial charge in [0.05, 0.1) is 24.6 Å². The van der Waals surface area contributed by atoms with Gasteiger partial charge in [-0.2, -0.15) is 10.4 Å². The summed E-state index contributed by atoms with van der Waals surface area (Å²) >= 11 is 0. The first-order valence-electron chi connectivity index (χ1n) is 6.82. The molecule has 0 heterocycles. The molecule has 0 unspecified atom stereocenters. The van der Waals surface area contributed by atoms with E-state index in [1.165, 1.54) is 0 Å². The Morgan fingerprint density at radius 1 is 1.14 bits per heavy atom. The van der Waals surface area contributed by atoms with E-state index in [9.17, 15) is 0 Å². The van der Waals surface area contributed by atoms with Gasteiger partial charge >= 0.3 is 0 Å². The third kappa shape index (κ3) is 5.37. The quantitative estimate of drug-likeness (QED) is 0.476. The number of anilines is 1. The van der Waals surface area contributed by atoms with Gasteiger partial charge in [0.1, 0.15) is 5.75 Å². The lowest BCUT2D eigenvalue weighted by molar-refractivity contribution is 0.312. The minimum absolute atomic E-state index is 0.516. The summed E-state index contributed by atoms with van der Waals surface area (Å²) in [6, 6.07) is 19.6. The number of hydrazone groups is 1. The van der Waals surface area contributed by atoms with E-state index in [4.69, 9.17) is 10.00 Å². The Kier molecular flexibility index (Phi) is 5.83. The molecule has 0 saturated carbocycles. The van der Waals surface area contributed by atoms with E-state index in [2.05, 4.69) is 16.6 Å². The van der Waals surface area contributed by atoms with Crippen LogP contribution in [0.25, 0.3) is 0 Å². The van der Waals surface area contributed by atoms with Crippen molar-refractivity contribution in [3.05, 3.63) is 60.2 Å². The van der Waals surface area contributed by atoms with E-state index >= 15 is 0 Å². The van der Waals surface area contributed by atoms with Gasteiger partial charge in [-0.15, -0.1) is 0 Å². The van der Waals surface area contributed by atoms with E-state index in [0.29, 0.717) is 13.0 Å². The second-order valence-corrected chi connectivity index (χ2v) is 4.42. The Bertz CT molecular complexity index is 617. The Hall–Kier alpha value is -2.80. The van der Waals surface area contributed by atoms with Gasteiger partial charge in [-0.1, -0.05) is 30.3 Å². The van der Waals surface area contributed by atoms with Crippen LogP contribution in [0, 0.1) is 11.3 Å². The minimum atomic E-state index is 0.516. The number of unbranched alkanes of at least 4 members (excludes halogenated alkanes) is 1. The van der Waals surface area contributed by atoms with Crippen molar-refractivity contribution in [1.29, 1.82) is 5.26 Å². The van der Waals surface area contributed by atoms with Gasteiger partial charge < -0.3 is 4.74 Å². The maximum absolute atomic E-state index is 8.47. The van der Waals surface area contributed by atoms with Crippen LogP contribution in [0.1, 0.15) is 18.4 Å². The molecule has 106 valence electrons. The number of para-hydroxylation sites is 1. The van der Waals surface area contributed by atoms with Crippen LogP contribution in [0.2, 0.25) is 0 Å². The van der Waals surface area contributed by atoms with Crippen LogP contribution in [-0.4, -0.2) is 12.8 Å². The zero-order valence-corrected chi connectivity index (χ0v) is 11.7. The Labute approximate surface area is 124 Å². The van der Waals surface area contributed by atoms with Gasteiger partial charge in [-0.3, -0.25) is 5.43 Å². The molecule has 0 radical (unpaired) electrons. The predicted molar refractivity (Wildman–Crippen MR) is 84.4 cm³/mol. The average Bonchev–Trinajstić information content (AvgIpc) is 2.53. The summed E-state index contributed by atoms with van der Waals surface area (Å²) in [6.07, 6.45) is 3.00. The molecule has 2 rings (SSSR count). The van der Waals surface area contributed by atoms with Gasteiger partial charge in [0, 0.05) is 6.42 Å². The van der Waals surface area contributed by atoms with Gasteiger partial charge in [0.2, 0.25) is 0 Å². The van der Waals surface area contributed by atoms with Crippen molar-refractivity contribution < 1.29 is 4.74 Å². The molecular weight excluding hydrogens is 262 g/mol. The standard InChI is InChI=1S/C17H17N3O/c18-11-4-5-12-21-17-10-6-7-15(13-17)14-19-20-16-8-2-1-3-9-16/h1-3,6-10,13-14,20H,4-5,12H2. The first-order chi connectivity index (χ1) is 10.4. The number of nitrogens with one attached hydrogen (secondary N) is 1. The summed E-state index contributed by atoms with van der Waals surface area (Å²) in [5.74, 6) is 0.789. The van der Waals surface area contributed by atoms with Crippen molar-refractivity contribution >= 4 is 11.9 Å². The smallest absolute Gasteiger partial charge is 0.119 e. The van der Waals surface area contributed by atoms with Crippen molar-refractivity contribution in [2.75, 3.05) is 12.0 Å².